The summed E-state index contributed by atoms with van der Waals surface area (Å²) < 4.78 is 32.5. The fourth-order valence-electron chi connectivity index (χ4n) is 2.67. The molecular weight excluding hydrogens is 441 g/mol. The minimum absolute atomic E-state index is 0.227. The molecule has 3 rings (SSSR count). The Bertz CT molecular complexity index is 903. The Balaban J connectivity index is 1.51. The molecule has 0 aliphatic carbocycles. The van der Waals surface area contributed by atoms with Gasteiger partial charge in [0.15, 0.2) is 0 Å². The number of sulfonamides is 1. The molecule has 1 aliphatic rings. The van der Waals surface area contributed by atoms with Crippen LogP contribution in [0.25, 0.3) is 0 Å². The molecule has 0 amide bonds. The first-order valence-electron chi connectivity index (χ1n) is 8.71. The van der Waals surface area contributed by atoms with Crippen molar-refractivity contribution in [3.8, 4) is 5.75 Å². The maximum Gasteiger partial charge on any atom is 0.244 e. The van der Waals surface area contributed by atoms with Crippen LogP contribution in [0.2, 0.25) is 10.0 Å². The number of aromatic nitrogens is 1. The number of piperazine rings is 1. The van der Waals surface area contributed by atoms with E-state index in [1.165, 1.54) is 22.3 Å². The van der Waals surface area contributed by atoms with E-state index in [1.54, 1.807) is 30.3 Å². The first-order chi connectivity index (χ1) is 13.4. The molecule has 2 aromatic rings. The van der Waals surface area contributed by atoms with Gasteiger partial charge in [0.1, 0.15) is 10.6 Å². The van der Waals surface area contributed by atoms with E-state index in [0.717, 1.165) is 18.1 Å². The highest BCUT2D eigenvalue weighted by molar-refractivity contribution is 7.99. The lowest BCUT2D eigenvalue weighted by molar-refractivity contribution is 0.222. The Morgan fingerprint density at radius 2 is 1.89 bits per heavy atom. The summed E-state index contributed by atoms with van der Waals surface area (Å²) in [5.74, 6) is 1.23. The van der Waals surface area contributed by atoms with Crippen LogP contribution in [0.5, 0.6) is 5.75 Å². The molecule has 0 radical (unpaired) electrons. The Kier molecular flexibility index (Phi) is 7.47. The molecule has 0 atom stereocenters. The summed E-state index contributed by atoms with van der Waals surface area (Å²) in [7, 11) is -1.50. The highest BCUT2D eigenvalue weighted by Crippen LogP contribution is 2.28. The molecule has 0 unspecified atom stereocenters. The van der Waals surface area contributed by atoms with Gasteiger partial charge in [0.05, 0.1) is 16.7 Å². The molecule has 0 N–H and O–H groups in total. The van der Waals surface area contributed by atoms with Gasteiger partial charge in [0, 0.05) is 43.2 Å². The molecule has 6 nitrogen and oxygen atoms in total. The van der Waals surface area contributed by atoms with Crippen LogP contribution < -0.4 is 4.74 Å². The van der Waals surface area contributed by atoms with E-state index in [-0.39, 0.29) is 4.90 Å². The largest absolute Gasteiger partial charge is 0.491 e. The Morgan fingerprint density at radius 3 is 2.54 bits per heavy atom. The van der Waals surface area contributed by atoms with Crippen LogP contribution in [-0.2, 0) is 10.0 Å². The molecule has 1 aliphatic heterocycles. The fraction of sp³-hybridized carbons (Fsp3) is 0.389. The Hall–Kier alpha value is -1.03. The third-order valence-electron chi connectivity index (χ3n) is 4.29. The predicted molar refractivity (Wildman–Crippen MR) is 113 cm³/mol. The summed E-state index contributed by atoms with van der Waals surface area (Å²) in [4.78, 5) is 6.62. The van der Waals surface area contributed by atoms with E-state index < -0.39 is 10.0 Å². The molecule has 152 valence electrons. The molecule has 0 spiro atoms. The highest BCUT2D eigenvalue weighted by Gasteiger charge is 2.27. The van der Waals surface area contributed by atoms with Gasteiger partial charge in [-0.1, -0.05) is 23.2 Å². The van der Waals surface area contributed by atoms with Crippen LogP contribution in [0.15, 0.2) is 46.5 Å². The lowest BCUT2D eigenvalue weighted by Crippen LogP contribution is -2.47. The third-order valence-corrected chi connectivity index (χ3v) is 7.61. The van der Waals surface area contributed by atoms with Crippen LogP contribution in [-0.4, -0.2) is 68.2 Å². The second-order valence-corrected chi connectivity index (χ2v) is 10.2. The van der Waals surface area contributed by atoms with Crippen molar-refractivity contribution in [3.63, 3.8) is 0 Å². The minimum atomic E-state index is -3.49. The van der Waals surface area contributed by atoms with E-state index in [2.05, 4.69) is 9.88 Å². The maximum atomic E-state index is 12.7. The molecule has 2 heterocycles. The summed E-state index contributed by atoms with van der Waals surface area (Å²) in [5.41, 5.74) is 0. The minimum Gasteiger partial charge on any atom is -0.491 e. The number of nitrogens with zero attached hydrogens (tertiary/aromatic N) is 3. The van der Waals surface area contributed by atoms with Gasteiger partial charge >= 0.3 is 0 Å². The van der Waals surface area contributed by atoms with Crippen molar-refractivity contribution in [2.45, 2.75) is 9.92 Å². The molecule has 28 heavy (non-hydrogen) atoms. The number of likely N-dealkylation sites (N-methyl/N-ethyl adjacent to an activating group) is 1. The number of halogens is 2. The van der Waals surface area contributed by atoms with Crippen molar-refractivity contribution in [1.82, 2.24) is 14.2 Å². The van der Waals surface area contributed by atoms with Crippen molar-refractivity contribution >= 4 is 45.0 Å². The smallest absolute Gasteiger partial charge is 0.244 e. The molecule has 1 aromatic heterocycles. The van der Waals surface area contributed by atoms with E-state index >= 15 is 0 Å². The van der Waals surface area contributed by atoms with Gasteiger partial charge in [-0.05, 0) is 37.4 Å². The van der Waals surface area contributed by atoms with Crippen molar-refractivity contribution in [2.75, 3.05) is 45.6 Å². The first-order valence-corrected chi connectivity index (χ1v) is 11.9. The molecule has 1 fully saturated rings. The van der Waals surface area contributed by atoms with E-state index in [0.29, 0.717) is 41.2 Å². The van der Waals surface area contributed by atoms with E-state index in [9.17, 15) is 8.42 Å². The summed E-state index contributed by atoms with van der Waals surface area (Å²) in [6.07, 6.45) is 1.42. The predicted octanol–water partition coefficient (Wildman–Crippen LogP) is 3.50. The van der Waals surface area contributed by atoms with Gasteiger partial charge in [-0.25, -0.2) is 13.4 Å². The van der Waals surface area contributed by atoms with Gasteiger partial charge in [-0.3, -0.25) is 0 Å². The second kappa shape index (κ2) is 9.65. The highest BCUT2D eigenvalue weighted by atomic mass is 35.5. The number of hydrogen-bond acceptors (Lipinski definition) is 6. The third kappa shape index (κ3) is 5.52. The Labute approximate surface area is 179 Å². The Morgan fingerprint density at radius 1 is 1.14 bits per heavy atom. The number of thioether (sulfide) groups is 1. The number of rotatable bonds is 7. The lowest BCUT2D eigenvalue weighted by atomic mass is 10.3. The number of pyridine rings is 1. The van der Waals surface area contributed by atoms with Crippen LogP contribution in [0, 0.1) is 0 Å². The van der Waals surface area contributed by atoms with Gasteiger partial charge in [-0.15, -0.1) is 11.8 Å². The zero-order valence-electron chi connectivity index (χ0n) is 15.3. The van der Waals surface area contributed by atoms with Crippen molar-refractivity contribution in [1.29, 1.82) is 0 Å². The molecule has 1 saturated heterocycles. The van der Waals surface area contributed by atoms with Crippen molar-refractivity contribution in [2.24, 2.45) is 0 Å². The molecule has 10 heteroatoms. The van der Waals surface area contributed by atoms with Gasteiger partial charge in [-0.2, -0.15) is 4.31 Å². The van der Waals surface area contributed by atoms with Gasteiger partial charge in [0.25, 0.3) is 0 Å². The van der Waals surface area contributed by atoms with Crippen molar-refractivity contribution in [3.05, 3.63) is 46.6 Å². The monoisotopic (exact) mass is 461 g/mol. The van der Waals surface area contributed by atoms with Gasteiger partial charge < -0.3 is 9.64 Å². The first kappa shape index (κ1) is 21.7. The average molecular weight is 462 g/mol. The van der Waals surface area contributed by atoms with E-state index in [1.807, 2.05) is 7.05 Å². The van der Waals surface area contributed by atoms with Crippen LogP contribution in [0.4, 0.5) is 0 Å². The number of ether oxygens (including phenoxy) is 1. The summed E-state index contributed by atoms with van der Waals surface area (Å²) in [6, 6.07) is 8.41. The summed E-state index contributed by atoms with van der Waals surface area (Å²) >= 11 is 13.4. The standard InChI is InChI=1S/C18H21Cl2N3O3S2/c1-22-6-8-23(9-7-22)28(24,25)15-3-5-18(21-13-15)27-11-10-26-17-4-2-14(19)12-16(17)20/h2-5,12-13H,6-11H2,1H3. The zero-order chi connectivity index (χ0) is 20.1. The summed E-state index contributed by atoms with van der Waals surface area (Å²) in [5, 5.41) is 1.76. The quantitative estimate of drug-likeness (QED) is 0.464. The normalized spacial score (nSPS) is 16.2. The SMILES string of the molecule is CN1CCN(S(=O)(=O)c2ccc(SCCOc3ccc(Cl)cc3Cl)nc2)CC1. The number of benzene rings is 1. The van der Waals surface area contributed by atoms with Crippen LogP contribution >= 0.6 is 35.0 Å². The summed E-state index contributed by atoms with van der Waals surface area (Å²) in [6.45, 7) is 2.91. The average Bonchev–Trinajstić information content (AvgIpc) is 2.67. The van der Waals surface area contributed by atoms with Crippen molar-refractivity contribution < 1.29 is 13.2 Å². The second-order valence-electron chi connectivity index (χ2n) is 6.31. The molecular formula is C18H21Cl2N3O3S2. The van der Waals surface area contributed by atoms with Crippen LogP contribution in [0.1, 0.15) is 0 Å². The molecule has 0 bridgehead atoms. The lowest BCUT2D eigenvalue weighted by Gasteiger charge is -2.31. The zero-order valence-corrected chi connectivity index (χ0v) is 18.5. The fourth-order valence-corrected chi connectivity index (χ4v) is 5.17. The number of hydrogen-bond donors (Lipinski definition) is 0. The maximum absolute atomic E-state index is 12.7. The topological polar surface area (TPSA) is 62.7 Å². The molecule has 0 saturated carbocycles. The molecule has 1 aromatic carbocycles. The van der Waals surface area contributed by atoms with Gasteiger partial charge in [0.2, 0.25) is 10.0 Å². The van der Waals surface area contributed by atoms with Crippen LogP contribution in [0.3, 0.4) is 0 Å². The van der Waals surface area contributed by atoms with E-state index in [4.69, 9.17) is 27.9 Å².